The Balaban J connectivity index is 1.88. The van der Waals surface area contributed by atoms with Gasteiger partial charge in [0.1, 0.15) is 12.7 Å². The Morgan fingerprint density at radius 2 is 2.06 bits per heavy atom. The van der Waals surface area contributed by atoms with Crippen LogP contribution in [0.3, 0.4) is 0 Å². The number of benzene rings is 1. The molecule has 0 aliphatic heterocycles. The molecule has 0 spiro atoms. The van der Waals surface area contributed by atoms with Gasteiger partial charge in [0.25, 0.3) is 0 Å². The van der Waals surface area contributed by atoms with E-state index in [9.17, 15) is 0 Å². The summed E-state index contributed by atoms with van der Waals surface area (Å²) in [5, 5.41) is 8.93. The first kappa shape index (κ1) is 10.1. The molecule has 2 aromatic heterocycles. The Morgan fingerprint density at radius 3 is 2.88 bits per heavy atom. The van der Waals surface area contributed by atoms with Crippen LogP contribution in [0.25, 0.3) is 10.9 Å². The van der Waals surface area contributed by atoms with E-state index >= 15 is 0 Å². The fraction of sp³-hybridized carbons (Fsp3) is 0.231. The second-order valence-corrected chi connectivity index (χ2v) is 4.26. The van der Waals surface area contributed by atoms with Gasteiger partial charge in [-0.2, -0.15) is 0 Å². The van der Waals surface area contributed by atoms with Crippen molar-refractivity contribution < 1.29 is 0 Å². The Morgan fingerprint density at radius 1 is 1.24 bits per heavy atom. The number of aromatic nitrogens is 4. The highest BCUT2D eigenvalue weighted by atomic mass is 15.2. The van der Waals surface area contributed by atoms with Crippen molar-refractivity contribution in [2.75, 3.05) is 0 Å². The number of nitrogens with zero attached hydrogens (tertiary/aromatic N) is 3. The molecule has 0 aliphatic rings. The Bertz CT molecular complexity index is 622. The normalized spacial score (nSPS) is 11.1. The number of nitrogens with one attached hydrogen (secondary N) is 1. The standard InChI is InChI=1S/C13H14N4/c1-10-3-2-4-12-11(7-14-13(10)12)5-6-17-8-15-16-9-17/h2-4,7-9,14H,5-6H2,1H3. The molecule has 0 atom stereocenters. The minimum absolute atomic E-state index is 0.911. The molecule has 3 rings (SSSR count). The van der Waals surface area contributed by atoms with Crippen LogP contribution >= 0.6 is 0 Å². The number of hydrogen-bond acceptors (Lipinski definition) is 2. The molecule has 86 valence electrons. The van der Waals surface area contributed by atoms with Crippen molar-refractivity contribution in [1.29, 1.82) is 0 Å². The molecule has 2 heterocycles. The van der Waals surface area contributed by atoms with E-state index in [4.69, 9.17) is 0 Å². The minimum atomic E-state index is 0.911. The molecule has 3 aromatic rings. The summed E-state index contributed by atoms with van der Waals surface area (Å²) in [6.07, 6.45) is 6.59. The maximum Gasteiger partial charge on any atom is 0.119 e. The third-order valence-electron chi connectivity index (χ3n) is 3.12. The maximum atomic E-state index is 3.80. The topological polar surface area (TPSA) is 46.5 Å². The van der Waals surface area contributed by atoms with Gasteiger partial charge >= 0.3 is 0 Å². The molecule has 0 radical (unpaired) electrons. The molecule has 0 saturated carbocycles. The fourth-order valence-corrected chi connectivity index (χ4v) is 2.16. The molecule has 0 amide bonds. The molecule has 0 saturated heterocycles. The van der Waals surface area contributed by atoms with Crippen LogP contribution in [-0.4, -0.2) is 19.7 Å². The van der Waals surface area contributed by atoms with E-state index in [2.05, 4.69) is 46.5 Å². The molecule has 4 heteroatoms. The van der Waals surface area contributed by atoms with Gasteiger partial charge in [0, 0.05) is 23.6 Å². The van der Waals surface area contributed by atoms with Crippen LogP contribution in [0, 0.1) is 6.92 Å². The van der Waals surface area contributed by atoms with Crippen LogP contribution in [0.4, 0.5) is 0 Å². The van der Waals surface area contributed by atoms with Crippen molar-refractivity contribution in [3.05, 3.63) is 48.2 Å². The van der Waals surface area contributed by atoms with Gasteiger partial charge in [-0.1, -0.05) is 18.2 Å². The first-order chi connectivity index (χ1) is 8.34. The van der Waals surface area contributed by atoms with Crippen molar-refractivity contribution in [3.63, 3.8) is 0 Å². The zero-order valence-electron chi connectivity index (χ0n) is 9.72. The Hall–Kier alpha value is -2.10. The average Bonchev–Trinajstić information content (AvgIpc) is 2.95. The average molecular weight is 226 g/mol. The lowest BCUT2D eigenvalue weighted by atomic mass is 10.1. The van der Waals surface area contributed by atoms with E-state index in [1.807, 2.05) is 4.57 Å². The van der Waals surface area contributed by atoms with E-state index in [-0.39, 0.29) is 0 Å². The summed E-state index contributed by atoms with van der Waals surface area (Å²) in [4.78, 5) is 3.35. The second-order valence-electron chi connectivity index (χ2n) is 4.26. The second kappa shape index (κ2) is 4.05. The number of aryl methyl sites for hydroxylation is 3. The number of H-pyrrole nitrogens is 1. The van der Waals surface area contributed by atoms with E-state index < -0.39 is 0 Å². The lowest BCUT2D eigenvalue weighted by Crippen LogP contribution is -1.97. The monoisotopic (exact) mass is 226 g/mol. The van der Waals surface area contributed by atoms with Gasteiger partial charge in [-0.15, -0.1) is 10.2 Å². The highest BCUT2D eigenvalue weighted by molar-refractivity contribution is 5.85. The maximum absolute atomic E-state index is 3.80. The highest BCUT2D eigenvalue weighted by Crippen LogP contribution is 2.21. The summed E-state index contributed by atoms with van der Waals surface area (Å²) in [5.74, 6) is 0. The summed E-state index contributed by atoms with van der Waals surface area (Å²) in [6.45, 7) is 3.04. The van der Waals surface area contributed by atoms with Crippen LogP contribution < -0.4 is 0 Å². The summed E-state index contributed by atoms with van der Waals surface area (Å²) < 4.78 is 1.99. The smallest absolute Gasteiger partial charge is 0.119 e. The van der Waals surface area contributed by atoms with Gasteiger partial charge in [0.2, 0.25) is 0 Å². The summed E-state index contributed by atoms with van der Waals surface area (Å²) in [5.41, 5.74) is 3.88. The van der Waals surface area contributed by atoms with Gasteiger partial charge in [-0.3, -0.25) is 0 Å². The molecule has 1 aromatic carbocycles. The number of para-hydroxylation sites is 1. The first-order valence-electron chi connectivity index (χ1n) is 5.72. The summed E-state index contributed by atoms with van der Waals surface area (Å²) in [7, 11) is 0. The summed E-state index contributed by atoms with van der Waals surface area (Å²) >= 11 is 0. The molecular weight excluding hydrogens is 212 g/mol. The minimum Gasteiger partial charge on any atom is -0.361 e. The third kappa shape index (κ3) is 1.82. The van der Waals surface area contributed by atoms with Gasteiger partial charge in [0.05, 0.1) is 0 Å². The molecular formula is C13H14N4. The van der Waals surface area contributed by atoms with E-state index in [0.717, 1.165) is 13.0 Å². The molecule has 0 fully saturated rings. The van der Waals surface area contributed by atoms with E-state index in [1.165, 1.54) is 22.0 Å². The summed E-state index contributed by atoms with van der Waals surface area (Å²) in [6, 6.07) is 6.40. The van der Waals surface area contributed by atoms with Crippen molar-refractivity contribution in [2.24, 2.45) is 0 Å². The Labute approximate surface area is 99.3 Å². The number of rotatable bonds is 3. The van der Waals surface area contributed by atoms with Gasteiger partial charge in [-0.25, -0.2) is 0 Å². The van der Waals surface area contributed by atoms with Gasteiger partial charge in [0.15, 0.2) is 0 Å². The van der Waals surface area contributed by atoms with Crippen molar-refractivity contribution >= 4 is 10.9 Å². The fourth-order valence-electron chi connectivity index (χ4n) is 2.16. The molecule has 17 heavy (non-hydrogen) atoms. The first-order valence-corrected chi connectivity index (χ1v) is 5.72. The number of aromatic amines is 1. The lowest BCUT2D eigenvalue weighted by molar-refractivity contribution is 0.696. The predicted molar refractivity (Wildman–Crippen MR) is 66.8 cm³/mol. The van der Waals surface area contributed by atoms with Gasteiger partial charge in [-0.05, 0) is 24.5 Å². The van der Waals surface area contributed by atoms with E-state index in [0.29, 0.717) is 0 Å². The van der Waals surface area contributed by atoms with Gasteiger partial charge < -0.3 is 9.55 Å². The SMILES string of the molecule is Cc1cccc2c(CCn3cnnc3)c[nH]c12. The zero-order valence-corrected chi connectivity index (χ0v) is 9.72. The molecule has 0 unspecified atom stereocenters. The van der Waals surface area contributed by atoms with Crippen LogP contribution in [0.15, 0.2) is 37.1 Å². The number of fused-ring (bicyclic) bond motifs is 1. The van der Waals surface area contributed by atoms with Crippen molar-refractivity contribution in [2.45, 2.75) is 19.9 Å². The number of hydrogen-bond donors (Lipinski definition) is 1. The van der Waals surface area contributed by atoms with Crippen molar-refractivity contribution in [1.82, 2.24) is 19.7 Å². The quantitative estimate of drug-likeness (QED) is 0.745. The van der Waals surface area contributed by atoms with Crippen LogP contribution in [0.2, 0.25) is 0 Å². The largest absolute Gasteiger partial charge is 0.361 e. The third-order valence-corrected chi connectivity index (χ3v) is 3.12. The molecule has 1 N–H and O–H groups in total. The molecule has 0 bridgehead atoms. The van der Waals surface area contributed by atoms with Crippen LogP contribution in [0.1, 0.15) is 11.1 Å². The molecule has 0 aliphatic carbocycles. The van der Waals surface area contributed by atoms with E-state index in [1.54, 1.807) is 12.7 Å². The Kier molecular flexibility index (Phi) is 2.40. The zero-order chi connectivity index (χ0) is 11.7. The van der Waals surface area contributed by atoms with Crippen LogP contribution in [-0.2, 0) is 13.0 Å². The predicted octanol–water partition coefficient (Wildman–Crippen LogP) is 2.31. The van der Waals surface area contributed by atoms with Crippen LogP contribution in [0.5, 0.6) is 0 Å². The lowest BCUT2D eigenvalue weighted by Gasteiger charge is -2.01. The highest BCUT2D eigenvalue weighted by Gasteiger charge is 2.05. The van der Waals surface area contributed by atoms with Crippen molar-refractivity contribution in [3.8, 4) is 0 Å². The molecule has 4 nitrogen and oxygen atoms in total.